The van der Waals surface area contributed by atoms with Crippen molar-refractivity contribution in [3.8, 4) is 0 Å². The molecule has 0 saturated carbocycles. The van der Waals surface area contributed by atoms with Crippen molar-refractivity contribution in [1.82, 2.24) is 20.6 Å². The number of carbonyl (C=O) groups is 1. The highest BCUT2D eigenvalue weighted by Gasteiger charge is 2.24. The minimum atomic E-state index is -1.29. The second-order valence-electron chi connectivity index (χ2n) is 3.23. The molecule has 11 heteroatoms. The van der Waals surface area contributed by atoms with E-state index in [0.29, 0.717) is 12.1 Å². The van der Waals surface area contributed by atoms with Crippen LogP contribution in [0.5, 0.6) is 0 Å². The van der Waals surface area contributed by atoms with Gasteiger partial charge in [-0.2, -0.15) is 5.21 Å². The number of hydrogen-bond donors (Lipinski definition) is 2. The number of anilines is 1. The highest BCUT2D eigenvalue weighted by Crippen LogP contribution is 2.28. The van der Waals surface area contributed by atoms with E-state index in [-0.39, 0.29) is 0 Å². The average Bonchev–Trinajstić information content (AvgIpc) is 2.85. The number of aromatic amines is 1. The van der Waals surface area contributed by atoms with Crippen LogP contribution in [0.1, 0.15) is 10.6 Å². The first-order valence-corrected chi connectivity index (χ1v) is 4.67. The van der Waals surface area contributed by atoms with Gasteiger partial charge in [0.15, 0.2) is 11.5 Å². The maximum atomic E-state index is 13.4. The first-order chi connectivity index (χ1) is 8.99. The van der Waals surface area contributed by atoms with Crippen molar-refractivity contribution in [2.45, 2.75) is 0 Å². The Morgan fingerprint density at radius 3 is 2.74 bits per heavy atom. The number of halogens is 2. The monoisotopic (exact) mass is 270 g/mol. The summed E-state index contributed by atoms with van der Waals surface area (Å²) in [5.74, 6) is -3.90. The first kappa shape index (κ1) is 12.5. The van der Waals surface area contributed by atoms with Gasteiger partial charge in [0, 0.05) is 6.07 Å². The van der Waals surface area contributed by atoms with Crippen LogP contribution < -0.4 is 5.32 Å². The van der Waals surface area contributed by atoms with Crippen LogP contribution in [-0.4, -0.2) is 31.5 Å². The van der Waals surface area contributed by atoms with E-state index in [9.17, 15) is 23.7 Å². The van der Waals surface area contributed by atoms with Crippen LogP contribution in [0.2, 0.25) is 0 Å². The van der Waals surface area contributed by atoms with E-state index >= 15 is 0 Å². The van der Waals surface area contributed by atoms with Crippen LogP contribution in [0, 0.1) is 21.7 Å². The largest absolute Gasteiger partial charge is 0.311 e. The Hall–Kier alpha value is -2.98. The SMILES string of the molecule is O=C(Nc1c(F)cc(F)cc1[N+](=O)[O-])c1nn[nH]n1. The smallest absolute Gasteiger partial charge is 0.298 e. The van der Waals surface area contributed by atoms with Gasteiger partial charge >= 0.3 is 0 Å². The van der Waals surface area contributed by atoms with Crippen LogP contribution in [-0.2, 0) is 0 Å². The molecule has 2 N–H and O–H groups in total. The fourth-order valence-corrected chi connectivity index (χ4v) is 1.26. The number of nitro groups is 1. The van der Waals surface area contributed by atoms with Gasteiger partial charge in [-0.05, 0) is 5.21 Å². The molecule has 1 aromatic heterocycles. The lowest BCUT2D eigenvalue weighted by Gasteiger charge is -2.05. The van der Waals surface area contributed by atoms with Crippen molar-refractivity contribution in [1.29, 1.82) is 0 Å². The molecule has 0 saturated heterocycles. The Balaban J connectivity index is 2.39. The molecule has 0 fully saturated rings. The number of amides is 1. The van der Waals surface area contributed by atoms with Gasteiger partial charge in [-0.25, -0.2) is 8.78 Å². The number of carbonyl (C=O) groups excluding carboxylic acids is 1. The molecule has 0 atom stereocenters. The topological polar surface area (TPSA) is 127 Å². The first-order valence-electron chi connectivity index (χ1n) is 4.67. The summed E-state index contributed by atoms with van der Waals surface area (Å²) in [5.41, 5.74) is -1.70. The van der Waals surface area contributed by atoms with E-state index in [1.807, 2.05) is 10.5 Å². The molecule has 0 unspecified atom stereocenters. The Kier molecular flexibility index (Phi) is 3.10. The average molecular weight is 270 g/mol. The lowest BCUT2D eigenvalue weighted by atomic mass is 10.2. The molecular formula is C8H4F2N6O3. The predicted octanol–water partition coefficient (Wildman–Crippen LogP) is 0.638. The Morgan fingerprint density at radius 2 is 2.16 bits per heavy atom. The number of hydrogen-bond acceptors (Lipinski definition) is 6. The van der Waals surface area contributed by atoms with Gasteiger partial charge in [-0.1, -0.05) is 0 Å². The van der Waals surface area contributed by atoms with Crippen molar-refractivity contribution < 1.29 is 18.5 Å². The number of benzene rings is 1. The van der Waals surface area contributed by atoms with Gasteiger partial charge in [0.1, 0.15) is 5.82 Å². The lowest BCUT2D eigenvalue weighted by Crippen LogP contribution is -2.16. The van der Waals surface area contributed by atoms with E-state index in [1.54, 1.807) is 0 Å². The highest BCUT2D eigenvalue weighted by atomic mass is 19.1. The zero-order valence-electron chi connectivity index (χ0n) is 8.92. The summed E-state index contributed by atoms with van der Waals surface area (Å²) in [6, 6.07) is 0.883. The molecule has 98 valence electrons. The summed E-state index contributed by atoms with van der Waals surface area (Å²) in [6.45, 7) is 0. The van der Waals surface area contributed by atoms with Gasteiger partial charge in [0.05, 0.1) is 11.0 Å². The van der Waals surface area contributed by atoms with Gasteiger partial charge in [-0.15, -0.1) is 10.2 Å². The van der Waals surface area contributed by atoms with Gasteiger partial charge in [0.25, 0.3) is 17.4 Å². The molecule has 0 aliphatic heterocycles. The molecule has 0 radical (unpaired) electrons. The van der Waals surface area contributed by atoms with Crippen LogP contribution in [0.3, 0.4) is 0 Å². The third kappa shape index (κ3) is 2.48. The number of nitrogens with zero attached hydrogens (tertiary/aromatic N) is 4. The molecule has 0 aliphatic carbocycles. The van der Waals surface area contributed by atoms with Crippen molar-refractivity contribution in [3.63, 3.8) is 0 Å². The van der Waals surface area contributed by atoms with Crippen LogP contribution >= 0.6 is 0 Å². The predicted molar refractivity (Wildman–Crippen MR) is 55.1 cm³/mol. The summed E-state index contributed by atoms with van der Waals surface area (Å²) >= 11 is 0. The van der Waals surface area contributed by atoms with E-state index in [4.69, 9.17) is 0 Å². The number of tetrazole rings is 1. The number of nitrogens with one attached hydrogen (secondary N) is 2. The molecule has 0 bridgehead atoms. The van der Waals surface area contributed by atoms with Gasteiger partial charge in [-0.3, -0.25) is 14.9 Å². The highest BCUT2D eigenvalue weighted by molar-refractivity contribution is 6.02. The maximum absolute atomic E-state index is 13.4. The quantitative estimate of drug-likeness (QED) is 0.622. The normalized spacial score (nSPS) is 10.2. The van der Waals surface area contributed by atoms with E-state index in [0.717, 1.165) is 0 Å². The van der Waals surface area contributed by atoms with Crippen molar-refractivity contribution in [3.05, 3.63) is 39.7 Å². The minimum absolute atomic E-state index is 0.402. The second-order valence-corrected chi connectivity index (χ2v) is 3.23. The van der Waals surface area contributed by atoms with Gasteiger partial charge < -0.3 is 5.32 Å². The summed E-state index contributed by atoms with van der Waals surface area (Å²) in [6.07, 6.45) is 0. The Bertz CT molecular complexity index is 644. The minimum Gasteiger partial charge on any atom is -0.311 e. The molecule has 1 amide bonds. The van der Waals surface area contributed by atoms with Crippen LogP contribution in [0.15, 0.2) is 12.1 Å². The van der Waals surface area contributed by atoms with Crippen molar-refractivity contribution >= 4 is 17.3 Å². The maximum Gasteiger partial charge on any atom is 0.298 e. The Labute approximate surface area is 102 Å². The molecule has 0 aliphatic rings. The van der Waals surface area contributed by atoms with Gasteiger partial charge in [0.2, 0.25) is 0 Å². The Morgan fingerprint density at radius 1 is 1.42 bits per heavy atom. The molecule has 1 aromatic carbocycles. The van der Waals surface area contributed by atoms with Crippen molar-refractivity contribution in [2.24, 2.45) is 0 Å². The third-order valence-electron chi connectivity index (χ3n) is 2.02. The van der Waals surface area contributed by atoms with E-state index in [2.05, 4.69) is 15.4 Å². The molecule has 19 heavy (non-hydrogen) atoms. The molecule has 1 heterocycles. The summed E-state index contributed by atoms with van der Waals surface area (Å²) in [5, 5.41) is 24.2. The van der Waals surface area contributed by atoms with Crippen LogP contribution in [0.25, 0.3) is 0 Å². The fourth-order valence-electron chi connectivity index (χ4n) is 1.26. The number of aromatic nitrogens is 4. The third-order valence-corrected chi connectivity index (χ3v) is 2.02. The number of H-pyrrole nitrogens is 1. The number of rotatable bonds is 3. The molecule has 2 rings (SSSR count). The summed E-state index contributed by atoms with van der Waals surface area (Å²) in [4.78, 5) is 21.1. The van der Waals surface area contributed by atoms with Crippen molar-refractivity contribution in [2.75, 3.05) is 5.32 Å². The standard InChI is InChI=1S/C8H4F2N6O3/c9-3-1-4(10)6(5(2-3)16(18)19)11-8(17)7-12-14-15-13-7/h1-2H,(H,11,17)(H,12,13,14,15). The van der Waals surface area contributed by atoms with E-state index < -0.39 is 39.7 Å². The fraction of sp³-hybridized carbons (Fsp3) is 0. The number of nitro benzene ring substituents is 1. The molecular weight excluding hydrogens is 266 g/mol. The van der Waals surface area contributed by atoms with Crippen LogP contribution in [0.4, 0.5) is 20.2 Å². The molecule has 2 aromatic rings. The van der Waals surface area contributed by atoms with E-state index in [1.165, 1.54) is 0 Å². The molecule has 9 nitrogen and oxygen atoms in total. The zero-order valence-corrected chi connectivity index (χ0v) is 8.92. The molecule has 0 spiro atoms. The summed E-state index contributed by atoms with van der Waals surface area (Å²) < 4.78 is 26.3. The lowest BCUT2D eigenvalue weighted by molar-refractivity contribution is -0.384. The second kappa shape index (κ2) is 4.72. The summed E-state index contributed by atoms with van der Waals surface area (Å²) in [7, 11) is 0. The zero-order chi connectivity index (χ0) is 14.0.